The number of nitrogens with zero attached hydrogens (tertiary/aromatic N) is 1. The van der Waals surface area contributed by atoms with Crippen molar-refractivity contribution < 1.29 is 53.5 Å². The van der Waals surface area contributed by atoms with E-state index in [-0.39, 0.29) is 41.7 Å². The molecule has 1 amide bonds. The molecule has 1 aliphatic heterocycles. The fourth-order valence-electron chi connectivity index (χ4n) is 4.45. The summed E-state index contributed by atoms with van der Waals surface area (Å²) in [5.74, 6) is -3.97. The van der Waals surface area contributed by atoms with E-state index in [9.17, 15) is 48.7 Å². The third kappa shape index (κ3) is 5.39. The van der Waals surface area contributed by atoms with E-state index in [4.69, 9.17) is 11.6 Å². The number of rotatable bonds is 4. The predicted molar refractivity (Wildman–Crippen MR) is 118 cm³/mol. The summed E-state index contributed by atoms with van der Waals surface area (Å²) in [4.78, 5) is 17.1. The molecule has 1 saturated carbocycles. The predicted octanol–water partition coefficient (Wildman–Crippen LogP) is 7.46. The molecule has 4 nitrogen and oxygen atoms in total. The molecular weight excluding hydrogens is 574 g/mol. The number of halogens is 11. The summed E-state index contributed by atoms with van der Waals surface area (Å²) in [5, 5.41) is 4.65. The highest BCUT2D eigenvalue weighted by Crippen LogP contribution is 2.51. The normalized spacial score (nSPS) is 23.6. The monoisotopic (exact) mass is 590 g/mol. The molecule has 15 heteroatoms. The lowest BCUT2D eigenvalue weighted by atomic mass is 9.79. The lowest BCUT2D eigenvalue weighted by Crippen LogP contribution is -2.49. The maximum absolute atomic E-state index is 14.7. The van der Waals surface area contributed by atoms with Crippen molar-refractivity contribution in [2.45, 2.75) is 56.4 Å². The summed E-state index contributed by atoms with van der Waals surface area (Å²) in [6, 6.07) is 3.07. The average Bonchev–Trinajstić information content (AvgIpc) is 3.22. The average molecular weight is 591 g/mol. The number of amides is 1. The molecule has 1 aliphatic carbocycles. The molecule has 0 radical (unpaired) electrons. The molecule has 0 bridgehead atoms. The Labute approximate surface area is 218 Å². The number of carbonyl (C=O) groups excluding carboxylic acids is 1. The fraction of sp³-hybridized carbons (Fsp3) is 0.417. The minimum Gasteiger partial charge on any atom is -0.374 e. The number of hydrogen-bond acceptors (Lipinski definition) is 3. The number of alkyl halides is 9. The van der Waals surface area contributed by atoms with Crippen molar-refractivity contribution in [3.63, 3.8) is 0 Å². The Kier molecular flexibility index (Phi) is 7.10. The molecular formula is C24H17ClF10N2O2. The van der Waals surface area contributed by atoms with Gasteiger partial charge in [0.25, 0.3) is 11.5 Å². The molecule has 0 aromatic heterocycles. The number of hydrogen-bond donors (Lipinski definition) is 1. The van der Waals surface area contributed by atoms with Crippen molar-refractivity contribution in [1.29, 1.82) is 0 Å². The van der Waals surface area contributed by atoms with Gasteiger partial charge in [-0.2, -0.15) is 39.5 Å². The summed E-state index contributed by atoms with van der Waals surface area (Å²) >= 11 is 5.49. The van der Waals surface area contributed by atoms with Crippen LogP contribution >= 0.6 is 11.6 Å². The van der Waals surface area contributed by atoms with Gasteiger partial charge in [-0.25, -0.2) is 4.39 Å². The largest absolute Gasteiger partial charge is 0.435 e. The second-order valence-corrected chi connectivity index (χ2v) is 9.77. The Morgan fingerprint density at radius 2 is 1.69 bits per heavy atom. The smallest absolute Gasteiger partial charge is 0.374 e. The molecule has 0 saturated heterocycles. The van der Waals surface area contributed by atoms with E-state index in [1.807, 2.05) is 0 Å². The highest BCUT2D eigenvalue weighted by Gasteiger charge is 2.64. The number of carbonyl (C=O) groups is 1. The molecule has 1 N–H and O–H groups in total. The SMILES string of the molecule is Cc1cc(C2=NOC(c3cc(C(F)(F)F)cc(Cl)c3F)(C(F)(F)F)C2)ccc1C(=O)N[C@H]1C[C@@H](C(F)(F)F)C1. The third-order valence-electron chi connectivity index (χ3n) is 6.72. The van der Waals surface area contributed by atoms with Gasteiger partial charge in [0.1, 0.15) is 5.82 Å². The van der Waals surface area contributed by atoms with Crippen molar-refractivity contribution in [2.24, 2.45) is 11.1 Å². The summed E-state index contributed by atoms with van der Waals surface area (Å²) in [6.07, 6.45) is -16.7. The van der Waals surface area contributed by atoms with Crippen LogP contribution in [-0.2, 0) is 16.6 Å². The minimum absolute atomic E-state index is 0.00515. The summed E-state index contributed by atoms with van der Waals surface area (Å²) in [5.41, 5.74) is -6.90. The van der Waals surface area contributed by atoms with E-state index < -0.39 is 76.1 Å². The van der Waals surface area contributed by atoms with Crippen LogP contribution in [0, 0.1) is 18.7 Å². The van der Waals surface area contributed by atoms with Crippen LogP contribution in [0.1, 0.15) is 51.9 Å². The maximum Gasteiger partial charge on any atom is 0.435 e. The Morgan fingerprint density at radius 1 is 1.05 bits per heavy atom. The van der Waals surface area contributed by atoms with Crippen LogP contribution in [0.2, 0.25) is 5.02 Å². The Hall–Kier alpha value is -3.03. The standard InChI is InChI=1S/C24H17ClF10N2O2/c1-10-4-11(2-3-15(10)20(38)36-14-5-12(6-14)22(27,28)29)18-9-21(39-37-18,24(33,34)35)16-7-13(23(30,31)32)8-17(25)19(16)26/h2-4,7-8,12,14H,5-6,9H2,1H3,(H,36,38)/t12-,14+,21?. The van der Waals surface area contributed by atoms with Gasteiger partial charge in [-0.05, 0) is 55.2 Å². The van der Waals surface area contributed by atoms with Crippen LogP contribution in [-0.4, -0.2) is 30.0 Å². The molecule has 2 aromatic carbocycles. The first kappa shape index (κ1) is 29.0. The quantitative estimate of drug-likeness (QED) is 0.376. The van der Waals surface area contributed by atoms with Gasteiger partial charge in [0.05, 0.1) is 28.6 Å². The van der Waals surface area contributed by atoms with Crippen molar-refractivity contribution in [3.05, 3.63) is 69.0 Å². The lowest BCUT2D eigenvalue weighted by Gasteiger charge is -2.36. The van der Waals surface area contributed by atoms with Crippen molar-refractivity contribution in [1.82, 2.24) is 5.32 Å². The van der Waals surface area contributed by atoms with Crippen LogP contribution in [0.15, 0.2) is 35.5 Å². The molecule has 1 unspecified atom stereocenters. The Morgan fingerprint density at radius 3 is 2.23 bits per heavy atom. The topological polar surface area (TPSA) is 50.7 Å². The number of benzene rings is 2. The first-order valence-electron chi connectivity index (χ1n) is 11.2. The Balaban J connectivity index is 1.58. The summed E-state index contributed by atoms with van der Waals surface area (Å²) < 4.78 is 135. The van der Waals surface area contributed by atoms with Gasteiger partial charge in [-0.15, -0.1) is 0 Å². The van der Waals surface area contributed by atoms with Crippen molar-refractivity contribution >= 4 is 23.2 Å². The maximum atomic E-state index is 14.7. The third-order valence-corrected chi connectivity index (χ3v) is 6.99. The molecule has 1 fully saturated rings. The second-order valence-electron chi connectivity index (χ2n) is 9.36. The zero-order valence-corrected chi connectivity index (χ0v) is 20.3. The first-order chi connectivity index (χ1) is 17.8. The molecule has 1 heterocycles. The molecule has 39 heavy (non-hydrogen) atoms. The van der Waals surface area contributed by atoms with Gasteiger partial charge in [-0.1, -0.05) is 22.8 Å². The highest BCUT2D eigenvalue weighted by atomic mass is 35.5. The zero-order chi connectivity index (χ0) is 29.1. The zero-order valence-electron chi connectivity index (χ0n) is 19.6. The molecule has 4 rings (SSSR count). The highest BCUT2D eigenvalue weighted by molar-refractivity contribution is 6.30. The molecule has 2 aromatic rings. The Bertz CT molecular complexity index is 1330. The minimum atomic E-state index is -5.43. The van der Waals surface area contributed by atoms with E-state index in [1.165, 1.54) is 25.1 Å². The van der Waals surface area contributed by atoms with Gasteiger partial charge in [0.2, 0.25) is 0 Å². The molecule has 212 valence electrons. The summed E-state index contributed by atoms with van der Waals surface area (Å²) in [7, 11) is 0. The van der Waals surface area contributed by atoms with Gasteiger partial charge in [-0.3, -0.25) is 4.79 Å². The van der Waals surface area contributed by atoms with Crippen molar-refractivity contribution in [2.75, 3.05) is 0 Å². The molecule has 2 aliphatic rings. The molecule has 1 atom stereocenters. The van der Waals surface area contributed by atoms with E-state index in [1.54, 1.807) is 0 Å². The van der Waals surface area contributed by atoms with Crippen LogP contribution < -0.4 is 5.32 Å². The van der Waals surface area contributed by atoms with Crippen LogP contribution in [0.3, 0.4) is 0 Å². The molecule has 0 spiro atoms. The summed E-state index contributed by atoms with van der Waals surface area (Å²) in [6.45, 7) is 1.41. The van der Waals surface area contributed by atoms with Gasteiger partial charge >= 0.3 is 18.5 Å². The number of aryl methyl sites for hydroxylation is 1. The fourth-order valence-corrected chi connectivity index (χ4v) is 4.67. The van der Waals surface area contributed by atoms with Gasteiger partial charge in [0.15, 0.2) is 0 Å². The van der Waals surface area contributed by atoms with Crippen LogP contribution in [0.5, 0.6) is 0 Å². The van der Waals surface area contributed by atoms with E-state index in [0.717, 1.165) is 0 Å². The number of nitrogens with one attached hydrogen (secondary N) is 1. The number of oxime groups is 1. The second kappa shape index (κ2) is 9.56. The van der Waals surface area contributed by atoms with Crippen LogP contribution in [0.4, 0.5) is 43.9 Å². The van der Waals surface area contributed by atoms with E-state index in [0.29, 0.717) is 0 Å². The van der Waals surface area contributed by atoms with E-state index >= 15 is 0 Å². The van der Waals surface area contributed by atoms with Crippen molar-refractivity contribution in [3.8, 4) is 0 Å². The lowest BCUT2D eigenvalue weighted by molar-refractivity contribution is -0.276. The first-order valence-corrected chi connectivity index (χ1v) is 11.6. The van der Waals surface area contributed by atoms with E-state index in [2.05, 4.69) is 15.3 Å². The van der Waals surface area contributed by atoms with Gasteiger partial charge < -0.3 is 10.2 Å². The van der Waals surface area contributed by atoms with Gasteiger partial charge in [0, 0.05) is 17.2 Å². The van der Waals surface area contributed by atoms with Crippen LogP contribution in [0.25, 0.3) is 0 Å².